The van der Waals surface area contributed by atoms with Crippen LogP contribution in [-0.2, 0) is 6.42 Å². The smallest absolute Gasteiger partial charge is 0.268 e. The molecule has 0 aliphatic carbocycles. The fraction of sp³-hybridized carbons (Fsp3) is 0.250. The average Bonchev–Trinajstić information content (AvgIpc) is 2.01. The van der Waals surface area contributed by atoms with E-state index in [-0.39, 0.29) is 5.56 Å². The molecule has 0 fully saturated rings. The molecular weight excluding hydrogens is 197 g/mol. The van der Waals surface area contributed by atoms with Crippen LogP contribution in [0.3, 0.4) is 0 Å². The van der Waals surface area contributed by atoms with Crippen LogP contribution in [0, 0.1) is 17.3 Å². The van der Waals surface area contributed by atoms with Gasteiger partial charge in [0.1, 0.15) is 0 Å². The second kappa shape index (κ2) is 3.96. The summed E-state index contributed by atoms with van der Waals surface area (Å²) in [5.74, 6) is -1.38. The van der Waals surface area contributed by atoms with E-state index in [4.69, 9.17) is 5.26 Å². The number of alkyl halides is 2. The third-order valence-corrected chi connectivity index (χ3v) is 1.61. The second-order valence-electron chi connectivity index (χ2n) is 2.52. The first kappa shape index (κ1) is 10.3. The number of hydrogen-bond acceptors (Lipinski definition) is 2. The van der Waals surface area contributed by atoms with Crippen LogP contribution in [-0.4, -0.2) is 4.98 Å². The molecule has 0 bridgehead atoms. The Hall–Kier alpha value is -1.77. The maximum Gasteiger partial charge on any atom is 0.268 e. The van der Waals surface area contributed by atoms with Crippen LogP contribution in [0.1, 0.15) is 17.6 Å². The lowest BCUT2D eigenvalue weighted by molar-refractivity contribution is 0.144. The molecule has 6 heteroatoms. The van der Waals surface area contributed by atoms with Crippen molar-refractivity contribution in [1.82, 2.24) is 4.98 Å². The summed E-state index contributed by atoms with van der Waals surface area (Å²) >= 11 is 0. The number of H-pyrrole nitrogens is 1. The predicted molar refractivity (Wildman–Crippen MR) is 41.3 cm³/mol. The summed E-state index contributed by atoms with van der Waals surface area (Å²) in [5, 5.41) is 8.28. The van der Waals surface area contributed by atoms with Crippen molar-refractivity contribution in [1.29, 1.82) is 5.26 Å². The van der Waals surface area contributed by atoms with Crippen molar-refractivity contribution in [2.75, 3.05) is 0 Å². The van der Waals surface area contributed by atoms with E-state index in [1.165, 1.54) is 0 Å². The molecule has 0 saturated heterocycles. The van der Waals surface area contributed by atoms with Crippen molar-refractivity contribution >= 4 is 0 Å². The average molecular weight is 202 g/mol. The normalized spacial score (nSPS) is 10.2. The lowest BCUT2D eigenvalue weighted by Crippen LogP contribution is -2.13. The Morgan fingerprint density at radius 2 is 2.21 bits per heavy atom. The summed E-state index contributed by atoms with van der Waals surface area (Å²) in [6.07, 6.45) is -3.46. The Labute approximate surface area is 76.8 Å². The maximum absolute atomic E-state index is 12.8. The van der Waals surface area contributed by atoms with Gasteiger partial charge in [-0.1, -0.05) is 0 Å². The van der Waals surface area contributed by atoms with Crippen LogP contribution in [0.4, 0.5) is 13.2 Å². The molecule has 0 spiro atoms. The summed E-state index contributed by atoms with van der Waals surface area (Å²) in [6, 6.07) is 2.38. The lowest BCUT2D eigenvalue weighted by Gasteiger charge is -2.05. The second-order valence-corrected chi connectivity index (χ2v) is 2.52. The van der Waals surface area contributed by atoms with Gasteiger partial charge in [0.15, 0.2) is 0 Å². The number of aromatic nitrogens is 1. The summed E-state index contributed by atoms with van der Waals surface area (Å²) in [7, 11) is 0. The van der Waals surface area contributed by atoms with Gasteiger partial charge in [0.25, 0.3) is 6.43 Å². The largest absolute Gasteiger partial charge is 0.298 e. The number of pyridine rings is 1. The first-order valence-corrected chi connectivity index (χ1v) is 3.63. The minimum Gasteiger partial charge on any atom is -0.298 e. The van der Waals surface area contributed by atoms with Crippen LogP contribution >= 0.6 is 0 Å². The van der Waals surface area contributed by atoms with Crippen molar-refractivity contribution in [3.05, 3.63) is 33.5 Å². The highest BCUT2D eigenvalue weighted by molar-refractivity contribution is 5.28. The first-order chi connectivity index (χ1) is 6.56. The third kappa shape index (κ3) is 1.93. The number of nitrogens with zero attached hydrogens (tertiary/aromatic N) is 1. The molecule has 14 heavy (non-hydrogen) atoms. The van der Waals surface area contributed by atoms with Gasteiger partial charge in [0, 0.05) is 6.07 Å². The highest BCUT2D eigenvalue weighted by Gasteiger charge is 2.19. The Balaban J connectivity index is 3.38. The highest BCUT2D eigenvalue weighted by atomic mass is 19.3. The zero-order valence-electron chi connectivity index (χ0n) is 6.85. The quantitative estimate of drug-likeness (QED) is 0.739. The van der Waals surface area contributed by atoms with Gasteiger partial charge in [-0.25, -0.2) is 8.78 Å². The first-order valence-electron chi connectivity index (χ1n) is 3.63. The van der Waals surface area contributed by atoms with Crippen LogP contribution in [0.15, 0.2) is 10.9 Å². The molecule has 3 nitrogen and oxygen atoms in total. The molecule has 1 heterocycles. The van der Waals surface area contributed by atoms with Crippen LogP contribution in [0.25, 0.3) is 0 Å². The molecule has 0 atom stereocenters. The highest BCUT2D eigenvalue weighted by Crippen LogP contribution is 2.23. The van der Waals surface area contributed by atoms with Gasteiger partial charge in [0.05, 0.1) is 18.1 Å². The molecular formula is C8H5F3N2O. The number of nitriles is 1. The van der Waals surface area contributed by atoms with E-state index in [2.05, 4.69) is 0 Å². The molecule has 1 aromatic heterocycles. The third-order valence-electron chi connectivity index (χ3n) is 1.61. The molecule has 74 valence electrons. The minimum atomic E-state index is -3.05. The fourth-order valence-corrected chi connectivity index (χ4v) is 1.06. The maximum atomic E-state index is 12.8. The molecule has 0 saturated carbocycles. The monoisotopic (exact) mass is 202 g/mol. The van der Waals surface area contributed by atoms with Gasteiger partial charge >= 0.3 is 0 Å². The molecule has 0 unspecified atom stereocenters. The van der Waals surface area contributed by atoms with E-state index in [0.717, 1.165) is 6.07 Å². The van der Waals surface area contributed by atoms with Crippen molar-refractivity contribution in [3.63, 3.8) is 0 Å². The van der Waals surface area contributed by atoms with E-state index in [0.29, 0.717) is 0 Å². The summed E-state index contributed by atoms with van der Waals surface area (Å²) in [6.45, 7) is 0. The van der Waals surface area contributed by atoms with Crippen LogP contribution in [0.5, 0.6) is 0 Å². The van der Waals surface area contributed by atoms with E-state index < -0.39 is 29.9 Å². The van der Waals surface area contributed by atoms with E-state index in [1.54, 1.807) is 11.1 Å². The predicted octanol–water partition coefficient (Wildman–Crippen LogP) is 1.52. The molecule has 1 N–H and O–H groups in total. The van der Waals surface area contributed by atoms with Crippen molar-refractivity contribution in [2.24, 2.45) is 0 Å². The molecule has 0 aromatic carbocycles. The van der Waals surface area contributed by atoms with Gasteiger partial charge < -0.3 is 0 Å². The summed E-state index contributed by atoms with van der Waals surface area (Å²) < 4.78 is 37.4. The van der Waals surface area contributed by atoms with Crippen molar-refractivity contribution < 1.29 is 13.2 Å². The molecule has 0 radical (unpaired) electrons. The van der Waals surface area contributed by atoms with Crippen molar-refractivity contribution in [2.45, 2.75) is 12.8 Å². The molecule has 1 rings (SSSR count). The van der Waals surface area contributed by atoms with Gasteiger partial charge in [-0.15, -0.1) is 0 Å². The number of halogens is 3. The molecule has 0 aliphatic heterocycles. The van der Waals surface area contributed by atoms with Crippen LogP contribution in [0.2, 0.25) is 0 Å². The fourth-order valence-electron chi connectivity index (χ4n) is 1.06. The van der Waals surface area contributed by atoms with Crippen molar-refractivity contribution in [3.8, 4) is 6.07 Å². The van der Waals surface area contributed by atoms with Gasteiger partial charge in [-0.05, 0) is 5.56 Å². The summed E-state index contributed by atoms with van der Waals surface area (Å²) in [5.41, 5.74) is -2.02. The van der Waals surface area contributed by atoms with Gasteiger partial charge in [0.2, 0.25) is 11.5 Å². The molecule has 1 aromatic rings. The van der Waals surface area contributed by atoms with E-state index in [9.17, 15) is 18.0 Å². The Morgan fingerprint density at radius 1 is 1.57 bits per heavy atom. The zero-order valence-corrected chi connectivity index (χ0v) is 6.85. The zero-order chi connectivity index (χ0) is 10.7. The standard InChI is InChI=1S/C8H5F3N2O/c9-7(10)6-4(1-2-12)3-5(14)13-8(6)11/h3,7H,1H2,(H,13,14). The number of rotatable bonds is 2. The number of nitrogens with one attached hydrogen (secondary N) is 1. The Bertz CT molecular complexity index is 433. The topological polar surface area (TPSA) is 56.6 Å². The van der Waals surface area contributed by atoms with E-state index >= 15 is 0 Å². The molecule has 0 aliphatic rings. The Morgan fingerprint density at radius 3 is 2.71 bits per heavy atom. The van der Waals surface area contributed by atoms with Gasteiger partial charge in [-0.2, -0.15) is 9.65 Å². The SMILES string of the molecule is N#CCc1cc(=O)[nH]c(F)c1C(F)F. The summed E-state index contributed by atoms with van der Waals surface area (Å²) in [4.78, 5) is 12.3. The van der Waals surface area contributed by atoms with E-state index in [1.807, 2.05) is 0 Å². The Kier molecular flexibility index (Phi) is 2.92. The number of hydrogen-bond donors (Lipinski definition) is 1. The minimum absolute atomic E-state index is 0.274. The lowest BCUT2D eigenvalue weighted by atomic mass is 10.1. The van der Waals surface area contributed by atoms with Crippen LogP contribution < -0.4 is 5.56 Å². The number of aromatic amines is 1. The molecule has 0 amide bonds. The van der Waals surface area contributed by atoms with Gasteiger partial charge in [-0.3, -0.25) is 9.78 Å².